The highest BCUT2D eigenvalue weighted by atomic mass is 32.2. The van der Waals surface area contributed by atoms with E-state index < -0.39 is 5.97 Å². The van der Waals surface area contributed by atoms with Crippen molar-refractivity contribution in [1.82, 2.24) is 5.32 Å². The monoisotopic (exact) mass is 311 g/mol. The first kappa shape index (κ1) is 14.7. The van der Waals surface area contributed by atoms with E-state index in [-0.39, 0.29) is 16.0 Å². The van der Waals surface area contributed by atoms with Gasteiger partial charge in [0, 0.05) is 10.3 Å². The van der Waals surface area contributed by atoms with Gasteiger partial charge >= 0.3 is 5.97 Å². The number of furan rings is 1. The number of rotatable bonds is 6. The summed E-state index contributed by atoms with van der Waals surface area (Å²) in [5.74, 6) is -0.370. The van der Waals surface area contributed by atoms with Crippen LogP contribution in [0.2, 0.25) is 0 Å². The van der Waals surface area contributed by atoms with Crippen LogP contribution < -0.4 is 5.32 Å². The van der Waals surface area contributed by atoms with E-state index in [0.717, 1.165) is 16.2 Å². The minimum Gasteiger partial charge on any atom is -0.477 e. The van der Waals surface area contributed by atoms with E-state index in [1.54, 1.807) is 36.8 Å². The average Bonchev–Trinajstić information content (AvgIpc) is 3.06. The topological polar surface area (TPSA) is 79.5 Å². The molecule has 1 atom stereocenters. The van der Waals surface area contributed by atoms with Crippen LogP contribution in [0.5, 0.6) is 0 Å². The maximum absolute atomic E-state index is 11.9. The number of aromatic carboxylic acids is 1. The number of thiophene rings is 1. The van der Waals surface area contributed by atoms with Crippen LogP contribution in [-0.4, -0.2) is 22.2 Å². The summed E-state index contributed by atoms with van der Waals surface area (Å²) in [6, 6.07) is 5.13. The lowest BCUT2D eigenvalue weighted by atomic mass is 10.4. The van der Waals surface area contributed by atoms with Crippen molar-refractivity contribution < 1.29 is 19.1 Å². The van der Waals surface area contributed by atoms with Crippen LogP contribution in [0.4, 0.5) is 0 Å². The highest BCUT2D eigenvalue weighted by molar-refractivity contribution is 8.00. The van der Waals surface area contributed by atoms with E-state index in [4.69, 9.17) is 9.52 Å². The number of nitrogens with one attached hydrogen (secondary N) is 1. The molecule has 0 aliphatic heterocycles. The summed E-state index contributed by atoms with van der Waals surface area (Å²) in [4.78, 5) is 23.7. The third kappa shape index (κ3) is 3.88. The van der Waals surface area contributed by atoms with Crippen molar-refractivity contribution >= 4 is 35.0 Å². The fourth-order valence-corrected chi connectivity index (χ4v) is 3.31. The molecule has 0 aliphatic rings. The molecule has 0 spiro atoms. The second-order valence-electron chi connectivity index (χ2n) is 4.01. The summed E-state index contributed by atoms with van der Waals surface area (Å²) in [6.07, 6.45) is 1.55. The zero-order chi connectivity index (χ0) is 14.5. The maximum Gasteiger partial charge on any atom is 0.345 e. The van der Waals surface area contributed by atoms with Crippen molar-refractivity contribution in [1.29, 1.82) is 0 Å². The summed E-state index contributed by atoms with van der Waals surface area (Å²) in [5.41, 5.74) is 0. The van der Waals surface area contributed by atoms with Crippen molar-refractivity contribution in [3.8, 4) is 0 Å². The molecule has 0 fully saturated rings. The number of carboxylic acid groups (broad SMARTS) is 1. The van der Waals surface area contributed by atoms with E-state index >= 15 is 0 Å². The Morgan fingerprint density at radius 3 is 2.95 bits per heavy atom. The Balaban J connectivity index is 1.85. The molecule has 0 saturated heterocycles. The molecule has 2 aromatic heterocycles. The normalized spacial score (nSPS) is 12.1. The molecule has 2 aromatic rings. The van der Waals surface area contributed by atoms with Gasteiger partial charge in [-0.2, -0.15) is 0 Å². The molecule has 5 nitrogen and oxygen atoms in total. The summed E-state index contributed by atoms with van der Waals surface area (Å²) in [6.45, 7) is 2.13. The third-order valence-electron chi connectivity index (χ3n) is 2.49. The molecule has 0 aliphatic carbocycles. The Bertz CT molecular complexity index is 591. The van der Waals surface area contributed by atoms with Gasteiger partial charge in [0.2, 0.25) is 5.91 Å². The van der Waals surface area contributed by atoms with Crippen LogP contribution in [0, 0.1) is 0 Å². The van der Waals surface area contributed by atoms with Crippen LogP contribution in [0.3, 0.4) is 0 Å². The van der Waals surface area contributed by atoms with E-state index in [2.05, 4.69) is 5.32 Å². The molecule has 2 heterocycles. The first-order valence-electron chi connectivity index (χ1n) is 5.85. The lowest BCUT2D eigenvalue weighted by Crippen LogP contribution is -2.30. The number of hydrogen-bond acceptors (Lipinski definition) is 5. The number of carbonyl (C=O) groups is 2. The van der Waals surface area contributed by atoms with E-state index in [9.17, 15) is 9.59 Å². The minimum absolute atomic E-state index is 0.116. The second kappa shape index (κ2) is 6.62. The van der Waals surface area contributed by atoms with E-state index in [1.165, 1.54) is 11.8 Å². The quantitative estimate of drug-likeness (QED) is 0.802. The average molecular weight is 311 g/mol. The predicted octanol–water partition coefficient (Wildman–Crippen LogP) is 2.84. The predicted molar refractivity (Wildman–Crippen MR) is 77.2 cm³/mol. The van der Waals surface area contributed by atoms with Crippen LogP contribution >= 0.6 is 23.1 Å². The van der Waals surface area contributed by atoms with Gasteiger partial charge in [-0.3, -0.25) is 4.79 Å². The molecule has 0 aromatic carbocycles. The number of carboxylic acids is 1. The van der Waals surface area contributed by atoms with Gasteiger partial charge in [-0.05, 0) is 25.1 Å². The molecule has 1 amide bonds. The first-order chi connectivity index (χ1) is 9.56. The van der Waals surface area contributed by atoms with Gasteiger partial charge in [-0.15, -0.1) is 23.1 Å². The smallest absolute Gasteiger partial charge is 0.345 e. The van der Waals surface area contributed by atoms with Gasteiger partial charge in [-0.25, -0.2) is 4.79 Å². The summed E-state index contributed by atoms with van der Waals surface area (Å²) < 4.78 is 5.13. The Hall–Kier alpha value is -1.73. The Morgan fingerprint density at radius 2 is 2.35 bits per heavy atom. The molecule has 20 heavy (non-hydrogen) atoms. The zero-order valence-corrected chi connectivity index (χ0v) is 12.3. The Morgan fingerprint density at radius 1 is 1.55 bits per heavy atom. The molecule has 0 radical (unpaired) electrons. The highest BCUT2D eigenvalue weighted by Gasteiger charge is 2.16. The fraction of sp³-hybridized carbons (Fsp3) is 0.231. The number of hydrogen-bond donors (Lipinski definition) is 2. The minimum atomic E-state index is -0.947. The van der Waals surface area contributed by atoms with Crippen molar-refractivity contribution in [3.05, 3.63) is 40.5 Å². The van der Waals surface area contributed by atoms with E-state index in [1.807, 2.05) is 0 Å². The number of thioether (sulfide) groups is 1. The van der Waals surface area contributed by atoms with Crippen molar-refractivity contribution in [2.45, 2.75) is 23.6 Å². The molecular formula is C13H13NO4S2. The summed E-state index contributed by atoms with van der Waals surface area (Å²) >= 11 is 2.49. The second-order valence-corrected chi connectivity index (χ2v) is 6.33. The molecule has 0 bridgehead atoms. The largest absolute Gasteiger partial charge is 0.477 e. The first-order valence-corrected chi connectivity index (χ1v) is 7.61. The van der Waals surface area contributed by atoms with Crippen molar-refractivity contribution in [2.75, 3.05) is 0 Å². The molecule has 0 saturated carbocycles. The van der Waals surface area contributed by atoms with E-state index in [0.29, 0.717) is 12.3 Å². The summed E-state index contributed by atoms with van der Waals surface area (Å²) in [5, 5.41) is 13.0. The molecule has 1 unspecified atom stereocenters. The van der Waals surface area contributed by atoms with Gasteiger partial charge in [0.25, 0.3) is 0 Å². The lowest BCUT2D eigenvalue weighted by molar-refractivity contribution is -0.120. The summed E-state index contributed by atoms with van der Waals surface area (Å²) in [7, 11) is 0. The number of amides is 1. The van der Waals surface area contributed by atoms with Gasteiger partial charge in [0.15, 0.2) is 0 Å². The van der Waals surface area contributed by atoms with Gasteiger partial charge < -0.3 is 14.8 Å². The molecule has 2 N–H and O–H groups in total. The third-order valence-corrected chi connectivity index (χ3v) is 4.63. The van der Waals surface area contributed by atoms with Crippen molar-refractivity contribution in [2.24, 2.45) is 0 Å². The highest BCUT2D eigenvalue weighted by Crippen LogP contribution is 2.28. The SMILES string of the molecule is CC(Sc1csc(C(=O)O)c1)C(=O)NCc1ccco1. The standard InChI is InChI=1S/C13H13NO4S2/c1-8(12(15)14-6-9-3-2-4-18-9)20-10-5-11(13(16)17)19-7-10/h2-5,7-8H,6H2,1H3,(H,14,15)(H,16,17). The fourth-order valence-electron chi connectivity index (χ4n) is 1.48. The Kier molecular flexibility index (Phi) is 4.86. The Labute approximate surface area is 124 Å². The van der Waals surface area contributed by atoms with Crippen LogP contribution in [0.1, 0.15) is 22.4 Å². The lowest BCUT2D eigenvalue weighted by Gasteiger charge is -2.09. The molecule has 106 valence electrons. The van der Waals surface area contributed by atoms with Crippen LogP contribution in [-0.2, 0) is 11.3 Å². The van der Waals surface area contributed by atoms with Crippen molar-refractivity contribution in [3.63, 3.8) is 0 Å². The zero-order valence-electron chi connectivity index (χ0n) is 10.7. The molecule has 7 heteroatoms. The molecule has 2 rings (SSSR count). The number of carbonyl (C=O) groups excluding carboxylic acids is 1. The van der Waals surface area contributed by atoms with Gasteiger partial charge in [-0.1, -0.05) is 0 Å². The molecular weight excluding hydrogens is 298 g/mol. The van der Waals surface area contributed by atoms with Crippen LogP contribution in [0.15, 0.2) is 39.2 Å². The van der Waals surface area contributed by atoms with Crippen LogP contribution in [0.25, 0.3) is 0 Å². The van der Waals surface area contributed by atoms with Gasteiger partial charge in [0.05, 0.1) is 18.1 Å². The van der Waals surface area contributed by atoms with Gasteiger partial charge in [0.1, 0.15) is 10.6 Å². The maximum atomic E-state index is 11.9.